The average Bonchev–Trinajstić information content (AvgIpc) is 2.61. The maximum absolute atomic E-state index is 11.9. The standard InChI is InChI=1S/C13H23N3O2.ClH/c14-10-5-3-4-9(10)8-12(17)16-11-6-1-2-7-15-13(11)18;/h9-11H,1-8,14H2,(H,15,18)(H,16,17);1H/t9-,10+,11?;/m0./s1. The van der Waals surface area contributed by atoms with Crippen molar-refractivity contribution in [2.75, 3.05) is 6.54 Å². The van der Waals surface area contributed by atoms with Gasteiger partial charge in [0.05, 0.1) is 0 Å². The number of amides is 2. The summed E-state index contributed by atoms with van der Waals surface area (Å²) in [4.78, 5) is 23.6. The second-order valence-corrected chi connectivity index (χ2v) is 5.47. The van der Waals surface area contributed by atoms with Crippen LogP contribution in [0.15, 0.2) is 0 Å². The SMILES string of the molecule is Cl.N[C@@H]1CCC[C@H]1CC(=O)NC1CCCCNC1=O. The summed E-state index contributed by atoms with van der Waals surface area (Å²) < 4.78 is 0. The van der Waals surface area contributed by atoms with Gasteiger partial charge < -0.3 is 16.4 Å². The molecule has 19 heavy (non-hydrogen) atoms. The normalized spacial score (nSPS) is 31.0. The van der Waals surface area contributed by atoms with Gasteiger partial charge in [0.2, 0.25) is 11.8 Å². The quantitative estimate of drug-likeness (QED) is 0.715. The molecule has 2 rings (SSSR count). The van der Waals surface area contributed by atoms with E-state index in [4.69, 9.17) is 5.73 Å². The highest BCUT2D eigenvalue weighted by atomic mass is 35.5. The Hall–Kier alpha value is -0.810. The molecule has 6 heteroatoms. The van der Waals surface area contributed by atoms with Crippen molar-refractivity contribution in [3.8, 4) is 0 Å². The number of rotatable bonds is 3. The topological polar surface area (TPSA) is 84.2 Å². The van der Waals surface area contributed by atoms with Gasteiger partial charge in [-0.25, -0.2) is 0 Å². The molecule has 0 bridgehead atoms. The van der Waals surface area contributed by atoms with Gasteiger partial charge in [0, 0.05) is 19.0 Å². The van der Waals surface area contributed by atoms with Gasteiger partial charge in [-0.2, -0.15) is 0 Å². The van der Waals surface area contributed by atoms with E-state index in [1.54, 1.807) is 0 Å². The van der Waals surface area contributed by atoms with Crippen molar-refractivity contribution in [2.24, 2.45) is 11.7 Å². The van der Waals surface area contributed by atoms with Crippen LogP contribution in [0, 0.1) is 5.92 Å². The van der Waals surface area contributed by atoms with E-state index in [0.29, 0.717) is 12.3 Å². The van der Waals surface area contributed by atoms with Crippen molar-refractivity contribution < 1.29 is 9.59 Å². The zero-order valence-corrected chi connectivity index (χ0v) is 12.0. The molecule has 1 aliphatic carbocycles. The second kappa shape index (κ2) is 7.70. The molecule has 2 aliphatic rings. The van der Waals surface area contributed by atoms with Crippen molar-refractivity contribution in [3.05, 3.63) is 0 Å². The fourth-order valence-corrected chi connectivity index (χ4v) is 2.89. The first-order chi connectivity index (χ1) is 8.66. The Morgan fingerprint density at radius 1 is 1.26 bits per heavy atom. The van der Waals surface area contributed by atoms with E-state index in [-0.39, 0.29) is 36.3 Å². The van der Waals surface area contributed by atoms with Crippen molar-refractivity contribution in [2.45, 2.75) is 57.0 Å². The molecule has 0 aromatic rings. The summed E-state index contributed by atoms with van der Waals surface area (Å²) in [5.74, 6) is 0.217. The van der Waals surface area contributed by atoms with Crippen LogP contribution in [0.25, 0.3) is 0 Å². The molecule has 2 fully saturated rings. The van der Waals surface area contributed by atoms with Gasteiger partial charge in [0.15, 0.2) is 0 Å². The van der Waals surface area contributed by atoms with Gasteiger partial charge in [0.1, 0.15) is 6.04 Å². The molecule has 1 saturated heterocycles. The van der Waals surface area contributed by atoms with Gasteiger partial charge in [-0.05, 0) is 38.0 Å². The number of hydrogen-bond acceptors (Lipinski definition) is 3. The first-order valence-corrected chi connectivity index (χ1v) is 6.99. The van der Waals surface area contributed by atoms with Crippen LogP contribution in [0.4, 0.5) is 0 Å². The maximum atomic E-state index is 11.9. The number of nitrogens with one attached hydrogen (secondary N) is 2. The molecule has 0 aromatic heterocycles. The maximum Gasteiger partial charge on any atom is 0.242 e. The summed E-state index contributed by atoms with van der Waals surface area (Å²) in [6.07, 6.45) is 6.34. The molecule has 1 saturated carbocycles. The molecular formula is C13H24ClN3O2. The Bertz CT molecular complexity index is 325. The largest absolute Gasteiger partial charge is 0.354 e. The summed E-state index contributed by atoms with van der Waals surface area (Å²) >= 11 is 0. The van der Waals surface area contributed by atoms with E-state index < -0.39 is 0 Å². The number of halogens is 1. The molecule has 110 valence electrons. The highest BCUT2D eigenvalue weighted by molar-refractivity contribution is 5.87. The van der Waals surface area contributed by atoms with Gasteiger partial charge in [-0.15, -0.1) is 12.4 Å². The van der Waals surface area contributed by atoms with Crippen molar-refractivity contribution in [3.63, 3.8) is 0 Å². The van der Waals surface area contributed by atoms with E-state index in [2.05, 4.69) is 10.6 Å². The zero-order valence-electron chi connectivity index (χ0n) is 11.2. The predicted molar refractivity (Wildman–Crippen MR) is 76.0 cm³/mol. The fraction of sp³-hybridized carbons (Fsp3) is 0.846. The summed E-state index contributed by atoms with van der Waals surface area (Å²) in [5, 5.41) is 5.67. The summed E-state index contributed by atoms with van der Waals surface area (Å²) in [5.41, 5.74) is 5.95. The molecule has 1 aliphatic heterocycles. The van der Waals surface area contributed by atoms with Gasteiger partial charge in [-0.1, -0.05) is 6.42 Å². The third-order valence-electron chi connectivity index (χ3n) is 4.04. The van der Waals surface area contributed by atoms with Crippen LogP contribution < -0.4 is 16.4 Å². The molecule has 0 radical (unpaired) electrons. The van der Waals surface area contributed by atoms with E-state index in [9.17, 15) is 9.59 Å². The Kier molecular flexibility index (Phi) is 6.58. The smallest absolute Gasteiger partial charge is 0.242 e. The Labute approximate surface area is 120 Å². The number of carbonyl (C=O) groups is 2. The van der Waals surface area contributed by atoms with Crippen LogP contribution in [0.2, 0.25) is 0 Å². The minimum atomic E-state index is -0.349. The third kappa shape index (κ3) is 4.66. The molecule has 1 heterocycles. The average molecular weight is 290 g/mol. The van der Waals surface area contributed by atoms with Crippen molar-refractivity contribution >= 4 is 24.2 Å². The lowest BCUT2D eigenvalue weighted by molar-refractivity contribution is -0.129. The number of hydrogen-bond donors (Lipinski definition) is 3. The van der Waals surface area contributed by atoms with Crippen LogP contribution in [0.1, 0.15) is 44.9 Å². The number of nitrogens with two attached hydrogens (primary N) is 1. The van der Waals surface area contributed by atoms with Crippen molar-refractivity contribution in [1.82, 2.24) is 10.6 Å². The summed E-state index contributed by atoms with van der Waals surface area (Å²) in [7, 11) is 0. The van der Waals surface area contributed by atoms with Crippen LogP contribution >= 0.6 is 12.4 Å². The molecule has 0 aromatic carbocycles. The van der Waals surface area contributed by atoms with Crippen LogP contribution in [0.3, 0.4) is 0 Å². The van der Waals surface area contributed by atoms with Gasteiger partial charge in [0.25, 0.3) is 0 Å². The lowest BCUT2D eigenvalue weighted by atomic mass is 9.99. The molecule has 0 spiro atoms. The molecular weight excluding hydrogens is 266 g/mol. The molecule has 5 nitrogen and oxygen atoms in total. The molecule has 1 unspecified atom stereocenters. The second-order valence-electron chi connectivity index (χ2n) is 5.47. The lowest BCUT2D eigenvalue weighted by Crippen LogP contribution is -2.46. The molecule has 3 atom stereocenters. The Balaban J connectivity index is 0.00000180. The van der Waals surface area contributed by atoms with E-state index >= 15 is 0 Å². The first-order valence-electron chi connectivity index (χ1n) is 6.99. The van der Waals surface area contributed by atoms with Gasteiger partial charge >= 0.3 is 0 Å². The van der Waals surface area contributed by atoms with Crippen LogP contribution in [-0.2, 0) is 9.59 Å². The minimum Gasteiger partial charge on any atom is -0.354 e. The van der Waals surface area contributed by atoms with E-state index in [0.717, 1.165) is 45.1 Å². The number of carbonyl (C=O) groups excluding carboxylic acids is 2. The van der Waals surface area contributed by atoms with Crippen LogP contribution in [-0.4, -0.2) is 30.4 Å². The minimum absolute atomic E-state index is 0. The van der Waals surface area contributed by atoms with Crippen molar-refractivity contribution in [1.29, 1.82) is 0 Å². The molecule has 2 amide bonds. The predicted octanol–water partition coefficient (Wildman–Crippen LogP) is 0.711. The van der Waals surface area contributed by atoms with E-state index in [1.165, 1.54) is 0 Å². The Morgan fingerprint density at radius 3 is 2.74 bits per heavy atom. The zero-order chi connectivity index (χ0) is 13.0. The first kappa shape index (κ1) is 16.2. The summed E-state index contributed by atoms with van der Waals surface area (Å²) in [6.45, 7) is 0.721. The van der Waals surface area contributed by atoms with Crippen LogP contribution in [0.5, 0.6) is 0 Å². The van der Waals surface area contributed by atoms with E-state index in [1.807, 2.05) is 0 Å². The fourth-order valence-electron chi connectivity index (χ4n) is 2.89. The highest BCUT2D eigenvalue weighted by Crippen LogP contribution is 2.26. The monoisotopic (exact) mass is 289 g/mol. The summed E-state index contributed by atoms with van der Waals surface area (Å²) in [6, 6.07) is -0.198. The third-order valence-corrected chi connectivity index (χ3v) is 4.04. The lowest BCUT2D eigenvalue weighted by Gasteiger charge is -2.18. The Morgan fingerprint density at radius 2 is 2.05 bits per heavy atom. The van der Waals surface area contributed by atoms with Gasteiger partial charge in [-0.3, -0.25) is 9.59 Å². The molecule has 4 N–H and O–H groups in total. The highest BCUT2D eigenvalue weighted by Gasteiger charge is 2.28.